The molecule has 1 aliphatic rings. The van der Waals surface area contributed by atoms with E-state index in [1.54, 1.807) is 50.1 Å². The van der Waals surface area contributed by atoms with E-state index in [2.05, 4.69) is 10.4 Å². The fourth-order valence-electron chi connectivity index (χ4n) is 4.74. The molecule has 0 aliphatic carbocycles. The van der Waals surface area contributed by atoms with Crippen molar-refractivity contribution in [3.63, 3.8) is 0 Å². The highest BCUT2D eigenvalue weighted by atomic mass is 32.2. The lowest BCUT2D eigenvalue weighted by atomic mass is 9.94. The van der Waals surface area contributed by atoms with Gasteiger partial charge in [-0.2, -0.15) is 22.6 Å². The van der Waals surface area contributed by atoms with Crippen molar-refractivity contribution in [1.29, 1.82) is 5.41 Å². The number of alkyl halides is 3. The highest BCUT2D eigenvalue weighted by Crippen LogP contribution is 2.35. The molecule has 1 aliphatic heterocycles. The number of piperazine rings is 1. The van der Waals surface area contributed by atoms with E-state index in [0.717, 1.165) is 6.21 Å². The summed E-state index contributed by atoms with van der Waals surface area (Å²) in [5.41, 5.74) is 3.42. The number of halogens is 4. The molecule has 8 nitrogen and oxygen atoms in total. The number of sulfonamides is 1. The van der Waals surface area contributed by atoms with Crippen LogP contribution in [0.3, 0.4) is 0 Å². The zero-order chi connectivity index (χ0) is 28.5. The number of hydrogen-bond acceptors (Lipinski definition) is 6. The van der Waals surface area contributed by atoms with E-state index in [1.807, 2.05) is 0 Å². The van der Waals surface area contributed by atoms with Crippen LogP contribution in [0.15, 0.2) is 47.5 Å². The lowest BCUT2D eigenvalue weighted by molar-refractivity contribution is -0.140. The molecule has 1 saturated heterocycles. The van der Waals surface area contributed by atoms with Gasteiger partial charge >= 0.3 is 6.18 Å². The molecule has 0 bridgehead atoms. The number of aromatic nitrogens is 2. The minimum absolute atomic E-state index is 0.0334. The third-order valence-electron chi connectivity index (χ3n) is 7.02. The molecule has 0 amide bonds. The zero-order valence-electron chi connectivity index (χ0n) is 21.8. The molecule has 39 heavy (non-hydrogen) atoms. The van der Waals surface area contributed by atoms with Gasteiger partial charge in [-0.05, 0) is 61.4 Å². The molecule has 2 N–H and O–H groups in total. The molecule has 0 saturated carbocycles. The quantitative estimate of drug-likeness (QED) is 0.298. The maximum absolute atomic E-state index is 13.5. The third-order valence-corrected chi connectivity index (χ3v) is 8.99. The van der Waals surface area contributed by atoms with Gasteiger partial charge in [0.25, 0.3) is 0 Å². The summed E-state index contributed by atoms with van der Waals surface area (Å²) in [6.07, 6.45) is -2.99. The van der Waals surface area contributed by atoms with Crippen LogP contribution in [0, 0.1) is 25.1 Å². The first-order chi connectivity index (χ1) is 18.3. The summed E-state index contributed by atoms with van der Waals surface area (Å²) in [5.74, 6) is -0.392. The van der Waals surface area contributed by atoms with E-state index in [-0.39, 0.29) is 31.1 Å². The van der Waals surface area contributed by atoms with E-state index < -0.39 is 34.5 Å². The first kappa shape index (κ1) is 28.7. The van der Waals surface area contributed by atoms with Crippen molar-refractivity contribution in [3.05, 3.63) is 70.8 Å². The minimum Gasteiger partial charge on any atom is -0.355 e. The van der Waals surface area contributed by atoms with Gasteiger partial charge in [0, 0.05) is 62.4 Å². The van der Waals surface area contributed by atoms with Gasteiger partial charge in [0.1, 0.15) is 10.7 Å². The smallest absolute Gasteiger partial charge is 0.355 e. The molecule has 0 radical (unpaired) electrons. The van der Waals surface area contributed by atoms with Crippen molar-refractivity contribution in [2.24, 2.45) is 7.05 Å². The summed E-state index contributed by atoms with van der Waals surface area (Å²) in [6, 6.07) is 8.49. The van der Waals surface area contributed by atoms with Gasteiger partial charge in [0.2, 0.25) is 10.0 Å². The molecule has 210 valence electrons. The van der Waals surface area contributed by atoms with Gasteiger partial charge in [-0.25, -0.2) is 12.8 Å². The second-order valence-electron chi connectivity index (χ2n) is 9.57. The molecule has 13 heteroatoms. The fraction of sp³-hybridized carbons (Fsp3) is 0.385. The lowest BCUT2D eigenvalue weighted by Crippen LogP contribution is -2.51. The average molecular weight is 567 g/mol. The van der Waals surface area contributed by atoms with Crippen LogP contribution in [0.5, 0.6) is 0 Å². The molecule has 4 rings (SSSR count). The molecule has 0 spiro atoms. The second kappa shape index (κ2) is 11.1. The van der Waals surface area contributed by atoms with Crippen molar-refractivity contribution in [3.8, 4) is 0 Å². The molecule has 1 aromatic heterocycles. The van der Waals surface area contributed by atoms with Gasteiger partial charge in [-0.3, -0.25) is 9.58 Å². The number of anilines is 2. The van der Waals surface area contributed by atoms with Crippen molar-refractivity contribution in [1.82, 2.24) is 19.0 Å². The Hall–Kier alpha value is -3.29. The van der Waals surface area contributed by atoms with Crippen molar-refractivity contribution in [2.75, 3.05) is 31.5 Å². The largest absolute Gasteiger partial charge is 0.390 e. The predicted octanol–water partition coefficient (Wildman–Crippen LogP) is 4.92. The minimum atomic E-state index is -4.36. The number of nitrogens with one attached hydrogen (secondary N) is 2. The Morgan fingerprint density at radius 3 is 2.44 bits per heavy atom. The molecule has 1 atom stereocenters. The molecule has 0 unspecified atom stereocenters. The van der Waals surface area contributed by atoms with Crippen LogP contribution in [0.25, 0.3) is 0 Å². The first-order valence-corrected chi connectivity index (χ1v) is 13.7. The molecule has 3 aromatic rings. The Bertz CT molecular complexity index is 1450. The van der Waals surface area contributed by atoms with Gasteiger partial charge in [-0.1, -0.05) is 0 Å². The number of hydrogen-bond donors (Lipinski definition) is 2. The number of nitrogens with zero attached hydrogens (tertiary/aromatic N) is 4. The van der Waals surface area contributed by atoms with Crippen LogP contribution >= 0.6 is 0 Å². The Labute approximate surface area is 224 Å². The van der Waals surface area contributed by atoms with Crippen LogP contribution in [-0.2, 0) is 17.1 Å². The topological polar surface area (TPSA) is 94.3 Å². The van der Waals surface area contributed by atoms with E-state index in [0.29, 0.717) is 33.8 Å². The Kier molecular flexibility index (Phi) is 8.14. The maximum Gasteiger partial charge on any atom is 0.390 e. The lowest BCUT2D eigenvalue weighted by Gasteiger charge is -2.41. The number of aryl methyl sites for hydroxylation is 2. The molecule has 2 heterocycles. The first-order valence-electron chi connectivity index (χ1n) is 12.3. The van der Waals surface area contributed by atoms with Crippen LogP contribution in [0.4, 0.5) is 28.9 Å². The van der Waals surface area contributed by atoms with Crippen molar-refractivity contribution in [2.45, 2.75) is 37.4 Å². The Balaban J connectivity index is 1.70. The highest BCUT2D eigenvalue weighted by molar-refractivity contribution is 7.89. The SMILES string of the molecule is Cc1cc(Nc2ccc(F)cc2)c(C=N)cc1[C@@H]1CN(S(=O)(=O)c2cnn(C)c2C)CCN1CCC(F)(F)F. The summed E-state index contributed by atoms with van der Waals surface area (Å²) >= 11 is 0. The Morgan fingerprint density at radius 2 is 1.85 bits per heavy atom. The van der Waals surface area contributed by atoms with Gasteiger partial charge < -0.3 is 10.7 Å². The molecule has 2 aromatic carbocycles. The van der Waals surface area contributed by atoms with Gasteiger partial charge in [0.05, 0.1) is 18.3 Å². The summed E-state index contributed by atoms with van der Waals surface area (Å²) < 4.78 is 82.6. The molecule has 1 fully saturated rings. The standard InChI is InChI=1S/C26H30F4N6O2S/c1-17-12-23(33-21-6-4-20(27)5-7-21)19(14-31)13-22(17)24-16-36(11-10-35(24)9-8-26(28,29)30)39(37,38)25-15-32-34(3)18(25)2/h4-7,12-15,24,31,33H,8-11,16H2,1-3H3/t24-/m0/s1. The van der Waals surface area contributed by atoms with Crippen molar-refractivity contribution < 1.29 is 26.0 Å². The predicted molar refractivity (Wildman–Crippen MR) is 140 cm³/mol. The summed E-state index contributed by atoms with van der Waals surface area (Å²) in [6.45, 7) is 3.23. The number of benzene rings is 2. The normalized spacial score (nSPS) is 17.4. The van der Waals surface area contributed by atoms with Gasteiger partial charge in [0.15, 0.2) is 0 Å². The van der Waals surface area contributed by atoms with E-state index in [1.165, 1.54) is 27.3 Å². The van der Waals surface area contributed by atoms with Gasteiger partial charge in [-0.15, -0.1) is 0 Å². The zero-order valence-corrected chi connectivity index (χ0v) is 22.6. The summed E-state index contributed by atoms with van der Waals surface area (Å²) in [5, 5.41) is 15.1. The van der Waals surface area contributed by atoms with E-state index >= 15 is 0 Å². The molecular weight excluding hydrogens is 536 g/mol. The number of rotatable bonds is 8. The van der Waals surface area contributed by atoms with Crippen LogP contribution in [0.1, 0.15) is 34.8 Å². The maximum atomic E-state index is 13.5. The summed E-state index contributed by atoms with van der Waals surface area (Å²) in [4.78, 5) is 1.71. The second-order valence-corrected chi connectivity index (χ2v) is 11.5. The third kappa shape index (κ3) is 6.31. The fourth-order valence-corrected chi connectivity index (χ4v) is 6.36. The average Bonchev–Trinajstić information content (AvgIpc) is 3.22. The summed E-state index contributed by atoms with van der Waals surface area (Å²) in [7, 11) is -2.31. The van der Waals surface area contributed by atoms with Crippen LogP contribution < -0.4 is 5.32 Å². The molecular formula is C26H30F4N6O2S. The van der Waals surface area contributed by atoms with Crippen molar-refractivity contribution >= 4 is 27.6 Å². The monoisotopic (exact) mass is 566 g/mol. The van der Waals surface area contributed by atoms with Crippen LogP contribution in [-0.4, -0.2) is 66.0 Å². The van der Waals surface area contributed by atoms with E-state index in [9.17, 15) is 26.0 Å². The Morgan fingerprint density at radius 1 is 1.15 bits per heavy atom. The van der Waals surface area contributed by atoms with Crippen LogP contribution in [0.2, 0.25) is 0 Å². The van der Waals surface area contributed by atoms with E-state index in [4.69, 9.17) is 5.41 Å². The highest BCUT2D eigenvalue weighted by Gasteiger charge is 2.38.